The highest BCUT2D eigenvalue weighted by atomic mass is 16.5. The van der Waals surface area contributed by atoms with Crippen LogP contribution in [-0.2, 0) is 6.42 Å². The molecule has 0 bridgehead atoms. The molecule has 0 saturated heterocycles. The van der Waals surface area contributed by atoms with Gasteiger partial charge in [0.1, 0.15) is 16.8 Å². The Morgan fingerprint density at radius 2 is 2.16 bits per heavy atom. The molecule has 3 aromatic rings. The molecule has 0 spiro atoms. The van der Waals surface area contributed by atoms with Gasteiger partial charge in [-0.05, 0) is 37.5 Å². The number of methoxy groups -OCH3 is 2. The SMILES string of the molecule is COc1ccc(/C=c2/c(=O)[nH]c3nc4c(nn23)CCCC=4)c(OC)c1. The second-order valence-corrected chi connectivity index (χ2v) is 5.87. The fraction of sp³-hybridized carbons (Fsp3) is 0.278. The minimum Gasteiger partial charge on any atom is -0.497 e. The number of hydrogen-bond donors (Lipinski definition) is 1. The molecule has 0 unspecified atom stereocenters. The molecule has 4 rings (SSSR count). The average molecular weight is 338 g/mol. The summed E-state index contributed by atoms with van der Waals surface area (Å²) in [5.74, 6) is 1.75. The number of fused-ring (bicyclic) bond motifs is 2. The summed E-state index contributed by atoms with van der Waals surface area (Å²) < 4.78 is 12.2. The van der Waals surface area contributed by atoms with Crippen LogP contribution in [-0.4, -0.2) is 33.8 Å². The number of rotatable bonds is 3. The first-order chi connectivity index (χ1) is 12.2. The van der Waals surface area contributed by atoms with Crippen molar-refractivity contribution >= 4 is 17.9 Å². The van der Waals surface area contributed by atoms with Gasteiger partial charge in [-0.1, -0.05) is 6.08 Å². The molecular formula is C18H18N4O3. The van der Waals surface area contributed by atoms with Crippen molar-refractivity contribution in [1.82, 2.24) is 19.6 Å². The largest absolute Gasteiger partial charge is 0.497 e. The minimum atomic E-state index is -0.236. The van der Waals surface area contributed by atoms with E-state index in [2.05, 4.69) is 21.1 Å². The number of H-pyrrole nitrogens is 1. The van der Waals surface area contributed by atoms with Crippen LogP contribution in [0.3, 0.4) is 0 Å². The van der Waals surface area contributed by atoms with Crippen molar-refractivity contribution in [3.05, 3.63) is 50.5 Å². The molecule has 0 saturated carbocycles. The van der Waals surface area contributed by atoms with E-state index in [-0.39, 0.29) is 5.56 Å². The predicted octanol–water partition coefficient (Wildman–Crippen LogP) is 0.380. The molecule has 0 radical (unpaired) electrons. The molecule has 2 heterocycles. The smallest absolute Gasteiger partial charge is 0.276 e. The highest BCUT2D eigenvalue weighted by molar-refractivity contribution is 5.59. The summed E-state index contributed by atoms with van der Waals surface area (Å²) in [7, 11) is 3.18. The predicted molar refractivity (Wildman–Crippen MR) is 93.4 cm³/mol. The molecule has 1 N–H and O–H groups in total. The minimum absolute atomic E-state index is 0.236. The van der Waals surface area contributed by atoms with Gasteiger partial charge in [0.05, 0.1) is 25.3 Å². The average Bonchev–Trinajstić information content (AvgIpc) is 2.94. The third-order valence-electron chi connectivity index (χ3n) is 4.32. The monoisotopic (exact) mass is 338 g/mol. The molecule has 1 aliphatic rings. The zero-order valence-corrected chi connectivity index (χ0v) is 14.1. The molecule has 0 amide bonds. The fourth-order valence-electron chi connectivity index (χ4n) is 3.02. The number of nitrogens with zero attached hydrogens (tertiary/aromatic N) is 3. The Bertz CT molecular complexity index is 1130. The zero-order chi connectivity index (χ0) is 17.4. The van der Waals surface area contributed by atoms with E-state index in [0.29, 0.717) is 22.6 Å². The van der Waals surface area contributed by atoms with Gasteiger partial charge < -0.3 is 9.47 Å². The number of hydrogen-bond acceptors (Lipinski definition) is 5. The van der Waals surface area contributed by atoms with Crippen molar-refractivity contribution in [2.75, 3.05) is 14.2 Å². The second kappa shape index (κ2) is 6.08. The lowest BCUT2D eigenvalue weighted by Gasteiger charge is -2.07. The van der Waals surface area contributed by atoms with Crippen molar-refractivity contribution in [3.63, 3.8) is 0 Å². The molecule has 128 valence electrons. The van der Waals surface area contributed by atoms with Crippen LogP contribution in [0.1, 0.15) is 24.1 Å². The van der Waals surface area contributed by atoms with Crippen LogP contribution in [0, 0.1) is 0 Å². The van der Waals surface area contributed by atoms with Gasteiger partial charge in [0.2, 0.25) is 5.78 Å². The van der Waals surface area contributed by atoms with E-state index in [1.54, 1.807) is 30.9 Å². The summed E-state index contributed by atoms with van der Waals surface area (Å²) in [6, 6.07) is 5.44. The Labute approximate surface area is 143 Å². The van der Waals surface area contributed by atoms with Crippen LogP contribution < -0.4 is 25.7 Å². The van der Waals surface area contributed by atoms with E-state index in [4.69, 9.17) is 9.47 Å². The normalized spacial score (nSPS) is 14.2. The van der Waals surface area contributed by atoms with Gasteiger partial charge in [-0.25, -0.2) is 4.98 Å². The molecule has 0 fully saturated rings. The number of nitrogens with one attached hydrogen (secondary N) is 1. The molecule has 2 aromatic heterocycles. The summed E-state index contributed by atoms with van der Waals surface area (Å²) in [5, 5.41) is 5.89. The lowest BCUT2D eigenvalue weighted by molar-refractivity contribution is 0.393. The van der Waals surface area contributed by atoms with Gasteiger partial charge in [0, 0.05) is 11.6 Å². The summed E-state index contributed by atoms with van der Waals surface area (Å²) in [5.41, 5.74) is 1.44. The first-order valence-electron chi connectivity index (χ1n) is 8.11. The molecular weight excluding hydrogens is 320 g/mol. The quantitative estimate of drug-likeness (QED) is 0.747. The van der Waals surface area contributed by atoms with Crippen LogP contribution in [0.4, 0.5) is 0 Å². The van der Waals surface area contributed by atoms with Crippen molar-refractivity contribution in [3.8, 4) is 11.5 Å². The molecule has 0 aliphatic heterocycles. The molecule has 1 aliphatic carbocycles. The Hall–Kier alpha value is -3.09. The van der Waals surface area contributed by atoms with Crippen LogP contribution in [0.5, 0.6) is 11.5 Å². The first-order valence-corrected chi connectivity index (χ1v) is 8.11. The first kappa shape index (κ1) is 15.4. The standard InChI is InChI=1S/C18H18N4O3/c1-24-12-8-7-11(16(10-12)25-2)9-15-17(23)20-18-19-13-5-3-4-6-14(13)21-22(15)18/h5,7-10H,3-4,6H2,1-2H3,(H,19,20,23)/b15-9-. The molecule has 7 nitrogen and oxygen atoms in total. The van der Waals surface area contributed by atoms with Crippen molar-refractivity contribution in [1.29, 1.82) is 0 Å². The van der Waals surface area contributed by atoms with E-state index in [1.807, 2.05) is 12.1 Å². The Balaban J connectivity index is 1.96. The summed E-state index contributed by atoms with van der Waals surface area (Å²) >= 11 is 0. The maximum absolute atomic E-state index is 12.4. The van der Waals surface area contributed by atoms with Gasteiger partial charge in [-0.3, -0.25) is 9.78 Å². The van der Waals surface area contributed by atoms with Crippen LogP contribution >= 0.6 is 0 Å². The molecule has 7 heteroatoms. The number of imidazole rings is 1. The number of ether oxygens (including phenoxy) is 2. The molecule has 0 atom stereocenters. The van der Waals surface area contributed by atoms with Gasteiger partial charge in [0.25, 0.3) is 5.56 Å². The van der Waals surface area contributed by atoms with E-state index in [0.717, 1.165) is 35.9 Å². The fourth-order valence-corrected chi connectivity index (χ4v) is 3.02. The van der Waals surface area contributed by atoms with Crippen molar-refractivity contribution in [2.24, 2.45) is 0 Å². The van der Waals surface area contributed by atoms with Gasteiger partial charge in [0.15, 0.2) is 0 Å². The summed E-state index contributed by atoms with van der Waals surface area (Å²) in [6.07, 6.45) is 6.72. The number of aryl methyl sites for hydroxylation is 1. The Kier molecular flexibility index (Phi) is 3.76. The third kappa shape index (κ3) is 2.67. The number of benzene rings is 1. The topological polar surface area (TPSA) is 81.5 Å². The van der Waals surface area contributed by atoms with Crippen molar-refractivity contribution < 1.29 is 9.47 Å². The van der Waals surface area contributed by atoms with Crippen LogP contribution in [0.2, 0.25) is 0 Å². The number of aromatic nitrogens is 4. The van der Waals surface area contributed by atoms with Gasteiger partial charge >= 0.3 is 0 Å². The van der Waals surface area contributed by atoms with Crippen LogP contribution in [0.15, 0.2) is 23.0 Å². The maximum Gasteiger partial charge on any atom is 0.276 e. The lowest BCUT2D eigenvalue weighted by atomic mass is 10.1. The highest BCUT2D eigenvalue weighted by Gasteiger charge is 2.11. The number of aromatic amines is 1. The van der Waals surface area contributed by atoms with Gasteiger partial charge in [-0.15, -0.1) is 0 Å². The lowest BCUT2D eigenvalue weighted by Crippen LogP contribution is -2.30. The summed E-state index contributed by atoms with van der Waals surface area (Å²) in [6.45, 7) is 0. The second-order valence-electron chi connectivity index (χ2n) is 5.87. The Morgan fingerprint density at radius 1 is 1.28 bits per heavy atom. The third-order valence-corrected chi connectivity index (χ3v) is 4.32. The molecule has 1 aromatic carbocycles. The van der Waals surface area contributed by atoms with E-state index < -0.39 is 0 Å². The zero-order valence-electron chi connectivity index (χ0n) is 14.1. The van der Waals surface area contributed by atoms with Crippen LogP contribution in [0.25, 0.3) is 17.9 Å². The summed E-state index contributed by atoms with van der Waals surface area (Å²) in [4.78, 5) is 19.7. The van der Waals surface area contributed by atoms with E-state index >= 15 is 0 Å². The van der Waals surface area contributed by atoms with E-state index in [1.165, 1.54) is 0 Å². The molecule has 25 heavy (non-hydrogen) atoms. The van der Waals surface area contributed by atoms with Crippen molar-refractivity contribution in [2.45, 2.75) is 19.3 Å². The van der Waals surface area contributed by atoms with E-state index in [9.17, 15) is 4.79 Å². The highest BCUT2D eigenvalue weighted by Crippen LogP contribution is 2.24. The Morgan fingerprint density at radius 3 is 2.96 bits per heavy atom. The van der Waals surface area contributed by atoms with Gasteiger partial charge in [-0.2, -0.15) is 9.61 Å². The maximum atomic E-state index is 12.4.